The fraction of sp³-hybridized carbons (Fsp3) is 0.250. The lowest BCUT2D eigenvalue weighted by molar-refractivity contribution is -0.137. The molecule has 31 heavy (non-hydrogen) atoms. The van der Waals surface area contributed by atoms with Crippen molar-refractivity contribution in [2.75, 3.05) is 4.90 Å². The molecule has 0 unspecified atom stereocenters. The van der Waals surface area contributed by atoms with Crippen molar-refractivity contribution in [1.29, 1.82) is 0 Å². The van der Waals surface area contributed by atoms with Crippen LogP contribution in [-0.2, 0) is 15.8 Å². The molecular weight excluding hydrogens is 427 g/mol. The Morgan fingerprint density at radius 2 is 1.52 bits per heavy atom. The summed E-state index contributed by atoms with van der Waals surface area (Å²) >= 11 is 6.12. The molecule has 7 heteroatoms. The number of fused-ring (bicyclic) bond motifs is 5. The van der Waals surface area contributed by atoms with Crippen LogP contribution in [-0.4, -0.2) is 11.8 Å². The number of benzene rings is 2. The molecule has 2 fully saturated rings. The maximum absolute atomic E-state index is 13.3. The summed E-state index contributed by atoms with van der Waals surface area (Å²) < 4.78 is 39.6. The van der Waals surface area contributed by atoms with Crippen LogP contribution >= 0.6 is 11.6 Å². The lowest BCUT2D eigenvalue weighted by Crippen LogP contribution is -2.33. The number of nitrogens with zero attached hydrogens (tertiary/aromatic N) is 1. The third-order valence-electron chi connectivity index (χ3n) is 6.57. The van der Waals surface area contributed by atoms with Crippen LogP contribution in [0.5, 0.6) is 0 Å². The topological polar surface area (TPSA) is 37.4 Å². The molecule has 3 aliphatic rings. The second-order valence-corrected chi connectivity index (χ2v) is 8.52. The molecule has 2 aromatic carbocycles. The Kier molecular flexibility index (Phi) is 4.42. The van der Waals surface area contributed by atoms with Gasteiger partial charge in [0, 0.05) is 11.8 Å². The number of carbonyl (C=O) groups is 2. The minimum absolute atomic E-state index is 0.0637. The summed E-state index contributed by atoms with van der Waals surface area (Å²) in [5, 5.41) is -0.0637. The second-order valence-electron chi connectivity index (χ2n) is 8.11. The van der Waals surface area contributed by atoms with Gasteiger partial charge in [-0.25, -0.2) is 4.90 Å². The molecule has 2 aromatic rings. The van der Waals surface area contributed by atoms with Gasteiger partial charge in [-0.2, -0.15) is 13.2 Å². The highest BCUT2D eigenvalue weighted by atomic mass is 35.5. The van der Waals surface area contributed by atoms with E-state index >= 15 is 0 Å². The maximum Gasteiger partial charge on any atom is 0.416 e. The minimum Gasteiger partial charge on any atom is -0.274 e. The lowest BCUT2D eigenvalue weighted by Gasteiger charge is -2.22. The number of anilines is 1. The average Bonchev–Trinajstić information content (AvgIpc) is 3.37. The van der Waals surface area contributed by atoms with Gasteiger partial charge in [0.15, 0.2) is 0 Å². The normalized spacial score (nSPS) is 26.7. The molecule has 1 saturated carbocycles. The van der Waals surface area contributed by atoms with E-state index in [0.717, 1.165) is 39.8 Å². The summed E-state index contributed by atoms with van der Waals surface area (Å²) in [6, 6.07) is 12.4. The van der Waals surface area contributed by atoms with Crippen LogP contribution in [0.4, 0.5) is 18.9 Å². The fourth-order valence-electron chi connectivity index (χ4n) is 5.22. The van der Waals surface area contributed by atoms with Crippen LogP contribution in [0.15, 0.2) is 66.3 Å². The minimum atomic E-state index is -4.61. The van der Waals surface area contributed by atoms with Crippen molar-refractivity contribution < 1.29 is 22.8 Å². The molecule has 0 aromatic heterocycles. The van der Waals surface area contributed by atoms with E-state index in [1.54, 1.807) is 0 Å². The first-order chi connectivity index (χ1) is 14.7. The number of hydrogen-bond acceptors (Lipinski definition) is 2. The van der Waals surface area contributed by atoms with Crippen molar-refractivity contribution in [2.24, 2.45) is 23.7 Å². The van der Waals surface area contributed by atoms with E-state index in [1.165, 1.54) is 0 Å². The zero-order valence-electron chi connectivity index (χ0n) is 16.4. The van der Waals surface area contributed by atoms with E-state index in [9.17, 15) is 22.8 Å². The molecule has 1 saturated heterocycles. The first-order valence-corrected chi connectivity index (χ1v) is 10.3. The predicted octanol–water partition coefficient (Wildman–Crippen LogP) is 5.75. The van der Waals surface area contributed by atoms with Gasteiger partial charge >= 0.3 is 6.18 Å². The van der Waals surface area contributed by atoms with Crippen molar-refractivity contribution in [3.05, 3.63) is 82.4 Å². The zero-order chi connectivity index (χ0) is 22.1. The van der Waals surface area contributed by atoms with Gasteiger partial charge in [0.05, 0.1) is 28.1 Å². The number of halogens is 4. The number of imide groups is 1. The summed E-state index contributed by atoms with van der Waals surface area (Å²) in [4.78, 5) is 27.5. The largest absolute Gasteiger partial charge is 0.416 e. The number of carbonyl (C=O) groups excluding carboxylic acids is 2. The van der Waals surface area contributed by atoms with E-state index in [1.807, 2.05) is 49.4 Å². The van der Waals surface area contributed by atoms with Crippen molar-refractivity contribution >= 4 is 34.7 Å². The molecule has 0 spiro atoms. The molecule has 2 aliphatic carbocycles. The van der Waals surface area contributed by atoms with Gasteiger partial charge in [-0.05, 0) is 36.3 Å². The maximum atomic E-state index is 13.3. The molecule has 3 nitrogen and oxygen atoms in total. The molecule has 2 bridgehead atoms. The number of hydrogen-bond donors (Lipinski definition) is 0. The third-order valence-corrected chi connectivity index (χ3v) is 6.89. The van der Waals surface area contributed by atoms with Gasteiger partial charge in [-0.1, -0.05) is 59.7 Å². The van der Waals surface area contributed by atoms with Crippen LogP contribution in [0, 0.1) is 23.7 Å². The van der Waals surface area contributed by atoms with Gasteiger partial charge in [0.2, 0.25) is 11.8 Å². The van der Waals surface area contributed by atoms with Crippen LogP contribution in [0.25, 0.3) is 5.57 Å². The summed E-state index contributed by atoms with van der Waals surface area (Å²) in [6.07, 6.45) is -0.726. The molecule has 5 rings (SSSR count). The molecule has 2 amide bonds. The quantitative estimate of drug-likeness (QED) is 0.437. The van der Waals surface area contributed by atoms with Crippen LogP contribution in [0.2, 0.25) is 5.02 Å². The van der Waals surface area contributed by atoms with Gasteiger partial charge in [-0.3, -0.25) is 9.59 Å². The summed E-state index contributed by atoms with van der Waals surface area (Å²) in [5.41, 5.74) is 1.93. The van der Waals surface area contributed by atoms with E-state index in [-0.39, 0.29) is 22.5 Å². The number of rotatable bonds is 2. The van der Waals surface area contributed by atoms with E-state index < -0.39 is 35.4 Å². The van der Waals surface area contributed by atoms with E-state index in [0.29, 0.717) is 0 Å². The Labute approximate surface area is 181 Å². The van der Waals surface area contributed by atoms with Crippen molar-refractivity contribution in [3.63, 3.8) is 0 Å². The van der Waals surface area contributed by atoms with E-state index in [2.05, 4.69) is 0 Å². The summed E-state index contributed by atoms with van der Waals surface area (Å²) in [6.45, 7) is 1.98. The third kappa shape index (κ3) is 2.88. The standard InChI is InChI=1S/C24H17ClF3NO2/c1-12(13-5-3-2-4-6-13)19-15-8-9-16(19)21-20(15)22(30)29(23(21)31)18-11-14(24(26,27)28)7-10-17(18)25/h2-11,15-16,20-21H,1H3/t15-,16-,20+,21+/m1/s1. The zero-order valence-corrected chi connectivity index (χ0v) is 17.1. The highest BCUT2D eigenvalue weighted by Crippen LogP contribution is 2.58. The molecule has 0 radical (unpaired) electrons. The molecular formula is C24H17ClF3NO2. The van der Waals surface area contributed by atoms with Gasteiger partial charge in [0.1, 0.15) is 0 Å². The highest BCUT2D eigenvalue weighted by molar-refractivity contribution is 6.36. The van der Waals surface area contributed by atoms with Crippen LogP contribution in [0.1, 0.15) is 18.1 Å². The fourth-order valence-corrected chi connectivity index (χ4v) is 5.42. The van der Waals surface area contributed by atoms with Crippen LogP contribution in [0.3, 0.4) is 0 Å². The molecule has 158 valence electrons. The first kappa shape index (κ1) is 20.1. The van der Waals surface area contributed by atoms with Gasteiger partial charge < -0.3 is 0 Å². The lowest BCUT2D eigenvalue weighted by atomic mass is 9.85. The average molecular weight is 444 g/mol. The van der Waals surface area contributed by atoms with Crippen molar-refractivity contribution in [3.8, 4) is 0 Å². The van der Waals surface area contributed by atoms with Crippen molar-refractivity contribution in [1.82, 2.24) is 0 Å². The smallest absolute Gasteiger partial charge is 0.274 e. The first-order valence-electron chi connectivity index (χ1n) is 9.89. The second kappa shape index (κ2) is 6.82. The Bertz CT molecular complexity index is 1140. The van der Waals surface area contributed by atoms with Crippen molar-refractivity contribution in [2.45, 2.75) is 13.1 Å². The number of alkyl halides is 3. The SMILES string of the molecule is CC(=C1[C@H]2C=C[C@H]1[C@@H]1C(=O)N(c3cc(C(F)(F)F)ccc3Cl)C(=O)[C@H]12)c1ccccc1. The van der Waals surface area contributed by atoms with Gasteiger partial charge in [-0.15, -0.1) is 0 Å². The predicted molar refractivity (Wildman–Crippen MR) is 111 cm³/mol. The molecule has 0 N–H and O–H groups in total. The summed E-state index contributed by atoms with van der Waals surface area (Å²) in [5.74, 6) is -2.73. The highest BCUT2D eigenvalue weighted by Gasteiger charge is 2.62. The molecule has 4 atom stereocenters. The Balaban J connectivity index is 1.56. The van der Waals surface area contributed by atoms with Gasteiger partial charge in [0.25, 0.3) is 0 Å². The molecule has 1 aliphatic heterocycles. The van der Waals surface area contributed by atoms with E-state index in [4.69, 9.17) is 11.6 Å². The Morgan fingerprint density at radius 1 is 0.935 bits per heavy atom. The number of allylic oxidation sites excluding steroid dienone is 4. The number of amides is 2. The Morgan fingerprint density at radius 3 is 2.06 bits per heavy atom. The Hall–Kier alpha value is -2.86. The monoisotopic (exact) mass is 443 g/mol. The molecule has 1 heterocycles. The van der Waals surface area contributed by atoms with Crippen LogP contribution < -0.4 is 4.90 Å². The summed E-state index contributed by atoms with van der Waals surface area (Å²) in [7, 11) is 0.